The number of aromatic nitrogens is 2. The first-order chi connectivity index (χ1) is 13.5. The molecule has 4 rings (SSSR count). The van der Waals surface area contributed by atoms with Gasteiger partial charge in [0.25, 0.3) is 0 Å². The molecule has 2 fully saturated rings. The first-order valence-electron chi connectivity index (χ1n) is 10.1. The zero-order chi connectivity index (χ0) is 19.6. The van der Waals surface area contributed by atoms with Gasteiger partial charge in [0.05, 0.1) is 17.7 Å². The van der Waals surface area contributed by atoms with Crippen molar-refractivity contribution in [1.82, 2.24) is 20.2 Å². The van der Waals surface area contributed by atoms with E-state index in [1.807, 2.05) is 25.4 Å². The molecule has 2 aromatic heterocycles. The van der Waals surface area contributed by atoms with Crippen LogP contribution in [-0.4, -0.2) is 44.1 Å². The highest BCUT2D eigenvalue weighted by Crippen LogP contribution is 2.40. The van der Waals surface area contributed by atoms with E-state index in [1.165, 1.54) is 6.33 Å². The van der Waals surface area contributed by atoms with E-state index in [9.17, 15) is 9.90 Å². The quantitative estimate of drug-likeness (QED) is 0.807. The SMILES string of the molecule is C[C@@]1(O)CCN(Cc2cncnc2)[C@@H](c2cccs2)[C@@H]1NC(=O)C1CCCC1. The summed E-state index contributed by atoms with van der Waals surface area (Å²) in [6.45, 7) is 3.30. The molecule has 2 aromatic rings. The van der Waals surface area contributed by atoms with Gasteiger partial charge in [0.1, 0.15) is 6.33 Å². The van der Waals surface area contributed by atoms with E-state index in [-0.39, 0.29) is 23.9 Å². The van der Waals surface area contributed by atoms with E-state index < -0.39 is 5.60 Å². The molecule has 3 heterocycles. The van der Waals surface area contributed by atoms with Crippen LogP contribution in [0.1, 0.15) is 55.5 Å². The Balaban J connectivity index is 1.62. The zero-order valence-corrected chi connectivity index (χ0v) is 17.1. The van der Waals surface area contributed by atoms with Crippen LogP contribution >= 0.6 is 11.3 Å². The lowest BCUT2D eigenvalue weighted by Crippen LogP contribution is -2.62. The Bertz CT molecular complexity index is 775. The summed E-state index contributed by atoms with van der Waals surface area (Å²) in [5.74, 6) is 0.173. The highest BCUT2D eigenvalue weighted by Gasteiger charge is 2.47. The Kier molecular flexibility index (Phi) is 5.75. The summed E-state index contributed by atoms with van der Waals surface area (Å²) in [5, 5.41) is 16.5. The fourth-order valence-electron chi connectivity index (χ4n) is 4.54. The molecule has 6 nitrogen and oxygen atoms in total. The third kappa shape index (κ3) is 4.11. The highest BCUT2D eigenvalue weighted by molar-refractivity contribution is 7.10. The number of rotatable bonds is 5. The van der Waals surface area contributed by atoms with Gasteiger partial charge in [-0.3, -0.25) is 9.69 Å². The van der Waals surface area contributed by atoms with Gasteiger partial charge in [0, 0.05) is 41.8 Å². The molecule has 7 heteroatoms. The number of carbonyl (C=O) groups is 1. The smallest absolute Gasteiger partial charge is 0.223 e. The maximum atomic E-state index is 12.9. The minimum Gasteiger partial charge on any atom is -0.388 e. The average Bonchev–Trinajstić information content (AvgIpc) is 3.39. The van der Waals surface area contributed by atoms with Crippen LogP contribution in [0.3, 0.4) is 0 Å². The number of piperidine rings is 1. The molecule has 2 N–H and O–H groups in total. The van der Waals surface area contributed by atoms with Gasteiger partial charge in [0.15, 0.2) is 0 Å². The lowest BCUT2D eigenvalue weighted by molar-refractivity contribution is -0.132. The molecule has 1 saturated carbocycles. The third-order valence-electron chi connectivity index (χ3n) is 6.14. The molecule has 2 aliphatic rings. The van der Waals surface area contributed by atoms with E-state index in [0.29, 0.717) is 13.0 Å². The molecule has 28 heavy (non-hydrogen) atoms. The number of nitrogens with one attached hydrogen (secondary N) is 1. The molecule has 0 unspecified atom stereocenters. The normalized spacial score (nSPS) is 29.1. The summed E-state index contributed by atoms with van der Waals surface area (Å²) in [6.07, 6.45) is 9.95. The summed E-state index contributed by atoms with van der Waals surface area (Å²) in [6, 6.07) is 3.70. The molecule has 3 atom stereocenters. The second-order valence-electron chi connectivity index (χ2n) is 8.25. The monoisotopic (exact) mass is 400 g/mol. The highest BCUT2D eigenvalue weighted by atomic mass is 32.1. The number of carbonyl (C=O) groups excluding carboxylic acids is 1. The number of thiophene rings is 1. The second-order valence-corrected chi connectivity index (χ2v) is 9.23. The van der Waals surface area contributed by atoms with E-state index in [1.54, 1.807) is 11.3 Å². The lowest BCUT2D eigenvalue weighted by atomic mass is 9.81. The Hall–Kier alpha value is -1.83. The van der Waals surface area contributed by atoms with Crippen LogP contribution in [0.2, 0.25) is 0 Å². The van der Waals surface area contributed by atoms with Gasteiger partial charge in [0.2, 0.25) is 5.91 Å². The molecule has 0 bridgehead atoms. The molecule has 1 aliphatic carbocycles. The molecule has 0 aromatic carbocycles. The van der Waals surface area contributed by atoms with Crippen LogP contribution < -0.4 is 5.32 Å². The zero-order valence-electron chi connectivity index (χ0n) is 16.3. The maximum absolute atomic E-state index is 12.9. The van der Waals surface area contributed by atoms with Gasteiger partial charge >= 0.3 is 0 Å². The van der Waals surface area contributed by atoms with Crippen molar-refractivity contribution >= 4 is 17.2 Å². The predicted octanol–water partition coefficient (Wildman–Crippen LogP) is 2.91. The van der Waals surface area contributed by atoms with E-state index in [0.717, 1.165) is 42.7 Å². The molecule has 0 spiro atoms. The third-order valence-corrected chi connectivity index (χ3v) is 7.09. The predicted molar refractivity (Wildman–Crippen MR) is 109 cm³/mol. The van der Waals surface area contributed by atoms with Gasteiger partial charge in [-0.2, -0.15) is 0 Å². The van der Waals surface area contributed by atoms with Crippen molar-refractivity contribution in [3.8, 4) is 0 Å². The summed E-state index contributed by atoms with van der Waals surface area (Å²) in [5.41, 5.74) is 0.0820. The van der Waals surface area contributed by atoms with Crippen molar-refractivity contribution in [2.24, 2.45) is 5.92 Å². The maximum Gasteiger partial charge on any atom is 0.223 e. The van der Waals surface area contributed by atoms with E-state index in [4.69, 9.17) is 0 Å². The van der Waals surface area contributed by atoms with Crippen LogP contribution in [0.15, 0.2) is 36.2 Å². The van der Waals surface area contributed by atoms with Crippen molar-refractivity contribution < 1.29 is 9.90 Å². The van der Waals surface area contributed by atoms with Crippen molar-refractivity contribution in [2.45, 2.75) is 63.3 Å². The standard InChI is InChI=1S/C21H28N4O2S/c1-21(27)8-9-25(13-15-11-22-14-23-12-15)18(17-7-4-10-28-17)19(21)24-20(26)16-5-2-3-6-16/h4,7,10-12,14,16,18-19,27H,2-3,5-6,8-9,13H2,1H3,(H,24,26)/t18-,19-,21+/m0/s1. The summed E-state index contributed by atoms with van der Waals surface area (Å²) < 4.78 is 0. The molecule has 150 valence electrons. The number of aliphatic hydroxyl groups is 1. The van der Waals surface area contributed by atoms with Gasteiger partial charge in [-0.1, -0.05) is 18.9 Å². The Morgan fingerprint density at radius 2 is 2.11 bits per heavy atom. The van der Waals surface area contributed by atoms with Crippen molar-refractivity contribution in [3.05, 3.63) is 46.7 Å². The first-order valence-corrected chi connectivity index (χ1v) is 11.0. The lowest BCUT2D eigenvalue weighted by Gasteiger charge is -2.49. The Labute approximate surface area is 170 Å². The topological polar surface area (TPSA) is 78.3 Å². The number of hydrogen-bond acceptors (Lipinski definition) is 6. The first kappa shape index (κ1) is 19.5. The number of nitrogens with zero attached hydrogens (tertiary/aromatic N) is 3. The molecule has 1 saturated heterocycles. The minimum absolute atomic E-state index is 0.0747. The van der Waals surface area contributed by atoms with Crippen molar-refractivity contribution in [3.63, 3.8) is 0 Å². The fraction of sp³-hybridized carbons (Fsp3) is 0.571. The second kappa shape index (κ2) is 8.27. The summed E-state index contributed by atoms with van der Waals surface area (Å²) >= 11 is 1.67. The van der Waals surface area contributed by atoms with Crippen LogP contribution in [0.5, 0.6) is 0 Å². The van der Waals surface area contributed by atoms with Crippen molar-refractivity contribution in [1.29, 1.82) is 0 Å². The fourth-order valence-corrected chi connectivity index (χ4v) is 5.43. The summed E-state index contributed by atoms with van der Waals surface area (Å²) in [4.78, 5) is 24.7. The largest absolute Gasteiger partial charge is 0.388 e. The molecular weight excluding hydrogens is 372 g/mol. The van der Waals surface area contributed by atoms with Crippen LogP contribution in [-0.2, 0) is 11.3 Å². The van der Waals surface area contributed by atoms with Gasteiger partial charge < -0.3 is 10.4 Å². The number of likely N-dealkylation sites (tertiary alicyclic amines) is 1. The summed E-state index contributed by atoms with van der Waals surface area (Å²) in [7, 11) is 0. The van der Waals surface area contributed by atoms with Gasteiger partial charge in [-0.05, 0) is 37.6 Å². The molecule has 0 radical (unpaired) electrons. The molecular formula is C21H28N4O2S. The van der Waals surface area contributed by atoms with Gasteiger partial charge in [-0.25, -0.2) is 9.97 Å². The van der Waals surface area contributed by atoms with Crippen LogP contribution in [0, 0.1) is 5.92 Å². The average molecular weight is 401 g/mol. The molecule has 1 aliphatic heterocycles. The Morgan fingerprint density at radius 3 is 2.79 bits per heavy atom. The number of hydrogen-bond donors (Lipinski definition) is 2. The van der Waals surface area contributed by atoms with Gasteiger partial charge in [-0.15, -0.1) is 11.3 Å². The van der Waals surface area contributed by atoms with Crippen molar-refractivity contribution in [2.75, 3.05) is 6.54 Å². The van der Waals surface area contributed by atoms with E-state index in [2.05, 4.69) is 31.6 Å². The van der Waals surface area contributed by atoms with Crippen LogP contribution in [0.4, 0.5) is 0 Å². The van der Waals surface area contributed by atoms with E-state index >= 15 is 0 Å². The molecule has 1 amide bonds. The Morgan fingerprint density at radius 1 is 1.36 bits per heavy atom. The number of amides is 1. The minimum atomic E-state index is -0.952. The van der Waals surface area contributed by atoms with Crippen LogP contribution in [0.25, 0.3) is 0 Å².